The molecule has 0 radical (unpaired) electrons. The summed E-state index contributed by atoms with van der Waals surface area (Å²) in [7, 11) is 0. The van der Waals surface area contributed by atoms with Gasteiger partial charge in [0.05, 0.1) is 5.75 Å². The van der Waals surface area contributed by atoms with Crippen molar-refractivity contribution in [1.82, 2.24) is 9.55 Å². The Morgan fingerprint density at radius 3 is 2.65 bits per heavy atom. The van der Waals surface area contributed by atoms with Crippen LogP contribution in [0, 0.1) is 6.92 Å². The molecule has 3 aromatic rings. The highest BCUT2D eigenvalue weighted by Crippen LogP contribution is 2.22. The highest BCUT2D eigenvalue weighted by molar-refractivity contribution is 7.99. The summed E-state index contributed by atoms with van der Waals surface area (Å²) in [5.41, 5.74) is 8.36. The Bertz CT molecular complexity index is 935. The minimum atomic E-state index is -0.636. The molecule has 0 saturated carbocycles. The van der Waals surface area contributed by atoms with Crippen molar-refractivity contribution in [2.75, 3.05) is 11.1 Å². The maximum absolute atomic E-state index is 12.4. The van der Waals surface area contributed by atoms with Crippen molar-refractivity contribution < 1.29 is 9.59 Å². The van der Waals surface area contributed by atoms with Gasteiger partial charge in [-0.15, -0.1) is 0 Å². The average Bonchev–Trinajstić information content (AvgIpc) is 3.08. The summed E-state index contributed by atoms with van der Waals surface area (Å²) in [6.45, 7) is 2.04. The molecule has 26 heavy (non-hydrogen) atoms. The standard InChI is InChI=1S/C19H18N4O2S/c1-13-3-2-4-16(11-13)23-10-9-21-19(23)26-12-17(24)14-5-7-15(8-6-14)22-18(20)25/h2-11H,12H2,1H3,(H3,20,22,25). The maximum Gasteiger partial charge on any atom is 0.316 e. The number of nitrogens with zero attached hydrogens (tertiary/aromatic N) is 2. The number of ketones is 1. The molecule has 7 heteroatoms. The van der Waals surface area contributed by atoms with E-state index in [2.05, 4.69) is 16.4 Å². The van der Waals surface area contributed by atoms with Gasteiger partial charge in [0.2, 0.25) is 0 Å². The van der Waals surface area contributed by atoms with Gasteiger partial charge in [0.25, 0.3) is 0 Å². The largest absolute Gasteiger partial charge is 0.351 e. The number of carbonyl (C=O) groups excluding carboxylic acids is 2. The zero-order valence-corrected chi connectivity index (χ0v) is 15.0. The van der Waals surface area contributed by atoms with Crippen LogP contribution < -0.4 is 11.1 Å². The number of rotatable bonds is 6. The van der Waals surface area contributed by atoms with Gasteiger partial charge in [-0.25, -0.2) is 9.78 Å². The second kappa shape index (κ2) is 7.88. The van der Waals surface area contributed by atoms with E-state index in [0.717, 1.165) is 16.4 Å². The zero-order valence-electron chi connectivity index (χ0n) is 14.2. The SMILES string of the molecule is Cc1cccc(-n2ccnc2SCC(=O)c2ccc(NC(N)=O)cc2)c1. The quantitative estimate of drug-likeness (QED) is 0.515. The molecule has 3 rings (SSSR count). The van der Waals surface area contributed by atoms with E-state index in [1.165, 1.54) is 11.8 Å². The topological polar surface area (TPSA) is 90.0 Å². The Balaban J connectivity index is 1.67. The molecule has 0 bridgehead atoms. The van der Waals surface area contributed by atoms with Crippen LogP contribution in [0.25, 0.3) is 5.69 Å². The van der Waals surface area contributed by atoms with Gasteiger partial charge in [-0.2, -0.15) is 0 Å². The molecule has 0 atom stereocenters. The number of carbonyl (C=O) groups is 2. The van der Waals surface area contributed by atoms with E-state index in [1.807, 2.05) is 35.9 Å². The molecular weight excluding hydrogens is 348 g/mol. The van der Waals surface area contributed by atoms with Crippen molar-refractivity contribution in [1.29, 1.82) is 0 Å². The first-order valence-corrected chi connectivity index (χ1v) is 8.94. The van der Waals surface area contributed by atoms with Gasteiger partial charge in [0.1, 0.15) is 0 Å². The Labute approximate surface area is 155 Å². The molecule has 2 aromatic carbocycles. The van der Waals surface area contributed by atoms with E-state index in [0.29, 0.717) is 11.3 Å². The van der Waals surface area contributed by atoms with Crippen LogP contribution in [0.4, 0.5) is 10.5 Å². The number of anilines is 1. The van der Waals surface area contributed by atoms with E-state index in [9.17, 15) is 9.59 Å². The van der Waals surface area contributed by atoms with Crippen molar-refractivity contribution >= 4 is 29.3 Å². The van der Waals surface area contributed by atoms with Crippen LogP contribution in [-0.4, -0.2) is 27.1 Å². The molecule has 0 fully saturated rings. The molecular formula is C19H18N4O2S. The number of aryl methyl sites for hydroxylation is 1. The maximum atomic E-state index is 12.4. The van der Waals surface area contributed by atoms with Crippen molar-refractivity contribution in [2.45, 2.75) is 12.1 Å². The summed E-state index contributed by atoms with van der Waals surface area (Å²) in [6.07, 6.45) is 3.60. The summed E-state index contributed by atoms with van der Waals surface area (Å²) in [5.74, 6) is 0.255. The molecule has 0 aliphatic heterocycles. The highest BCUT2D eigenvalue weighted by atomic mass is 32.2. The average molecular weight is 366 g/mol. The monoisotopic (exact) mass is 366 g/mol. The molecule has 132 valence electrons. The van der Waals surface area contributed by atoms with Gasteiger partial charge in [0.15, 0.2) is 10.9 Å². The first kappa shape index (κ1) is 17.8. The summed E-state index contributed by atoms with van der Waals surface area (Å²) in [6, 6.07) is 14.1. The van der Waals surface area contributed by atoms with Crippen LogP contribution in [0.15, 0.2) is 66.1 Å². The fourth-order valence-electron chi connectivity index (χ4n) is 2.47. The van der Waals surface area contributed by atoms with Crippen molar-refractivity contribution in [3.05, 3.63) is 72.1 Å². The molecule has 0 unspecified atom stereocenters. The summed E-state index contributed by atoms with van der Waals surface area (Å²) >= 11 is 1.38. The molecule has 6 nitrogen and oxygen atoms in total. The number of amides is 2. The predicted octanol–water partition coefficient (Wildman–Crippen LogP) is 3.65. The van der Waals surface area contributed by atoms with Crippen LogP contribution in [-0.2, 0) is 0 Å². The molecule has 1 heterocycles. The van der Waals surface area contributed by atoms with E-state index < -0.39 is 6.03 Å². The first-order valence-electron chi connectivity index (χ1n) is 7.96. The smallest absolute Gasteiger partial charge is 0.316 e. The van der Waals surface area contributed by atoms with E-state index in [4.69, 9.17) is 5.73 Å². The number of imidazole rings is 1. The highest BCUT2D eigenvalue weighted by Gasteiger charge is 2.11. The normalized spacial score (nSPS) is 10.5. The molecule has 1 aromatic heterocycles. The number of hydrogen-bond acceptors (Lipinski definition) is 4. The van der Waals surface area contributed by atoms with Crippen molar-refractivity contribution in [2.24, 2.45) is 5.73 Å². The lowest BCUT2D eigenvalue weighted by atomic mass is 10.1. The number of urea groups is 1. The van der Waals surface area contributed by atoms with Gasteiger partial charge < -0.3 is 11.1 Å². The Morgan fingerprint density at radius 2 is 1.96 bits per heavy atom. The third-order valence-corrected chi connectivity index (χ3v) is 4.66. The first-order chi connectivity index (χ1) is 12.5. The van der Waals surface area contributed by atoms with Gasteiger partial charge in [0, 0.05) is 29.3 Å². The number of hydrogen-bond donors (Lipinski definition) is 2. The summed E-state index contributed by atoms with van der Waals surface area (Å²) in [4.78, 5) is 27.6. The second-order valence-corrected chi connectivity index (χ2v) is 6.64. The molecule has 0 spiro atoms. The minimum absolute atomic E-state index is 0.0144. The number of primary amides is 1. The third-order valence-electron chi connectivity index (χ3n) is 3.69. The second-order valence-electron chi connectivity index (χ2n) is 5.70. The number of nitrogens with one attached hydrogen (secondary N) is 1. The molecule has 2 amide bonds. The number of Topliss-reactive ketones (excluding diaryl/α,β-unsaturated/α-hetero) is 1. The number of thioether (sulfide) groups is 1. The number of benzene rings is 2. The molecule has 3 N–H and O–H groups in total. The Morgan fingerprint density at radius 1 is 1.19 bits per heavy atom. The van der Waals surface area contributed by atoms with Crippen LogP contribution in [0.5, 0.6) is 0 Å². The van der Waals surface area contributed by atoms with E-state index in [1.54, 1.807) is 30.5 Å². The van der Waals surface area contributed by atoms with Crippen molar-refractivity contribution in [3.63, 3.8) is 0 Å². The van der Waals surface area contributed by atoms with Crippen LogP contribution in [0.3, 0.4) is 0 Å². The molecule has 0 aliphatic carbocycles. The van der Waals surface area contributed by atoms with Crippen LogP contribution >= 0.6 is 11.8 Å². The number of aromatic nitrogens is 2. The van der Waals surface area contributed by atoms with Gasteiger partial charge in [-0.05, 0) is 48.9 Å². The summed E-state index contributed by atoms with van der Waals surface area (Å²) < 4.78 is 1.96. The molecule has 0 saturated heterocycles. The van der Waals surface area contributed by atoms with E-state index >= 15 is 0 Å². The van der Waals surface area contributed by atoms with Crippen LogP contribution in [0.2, 0.25) is 0 Å². The van der Waals surface area contributed by atoms with Crippen molar-refractivity contribution in [3.8, 4) is 5.69 Å². The lowest BCUT2D eigenvalue weighted by molar-refractivity contribution is 0.102. The molecule has 0 aliphatic rings. The van der Waals surface area contributed by atoms with E-state index in [-0.39, 0.29) is 11.5 Å². The lowest BCUT2D eigenvalue weighted by Crippen LogP contribution is -2.19. The third kappa shape index (κ3) is 4.31. The van der Waals surface area contributed by atoms with Gasteiger partial charge in [-0.3, -0.25) is 9.36 Å². The summed E-state index contributed by atoms with van der Waals surface area (Å²) in [5, 5.41) is 3.22. The van der Waals surface area contributed by atoms with Gasteiger partial charge >= 0.3 is 6.03 Å². The van der Waals surface area contributed by atoms with Crippen LogP contribution in [0.1, 0.15) is 15.9 Å². The minimum Gasteiger partial charge on any atom is -0.351 e. The Hall–Kier alpha value is -3.06. The lowest BCUT2D eigenvalue weighted by Gasteiger charge is -2.08. The fraction of sp³-hybridized carbons (Fsp3) is 0.105. The zero-order chi connectivity index (χ0) is 18.5. The predicted molar refractivity (Wildman–Crippen MR) is 103 cm³/mol. The fourth-order valence-corrected chi connectivity index (χ4v) is 3.33. The number of nitrogens with two attached hydrogens (primary N) is 1. The van der Waals surface area contributed by atoms with Gasteiger partial charge in [-0.1, -0.05) is 23.9 Å². The Kier molecular flexibility index (Phi) is 5.38.